The first-order valence-electron chi connectivity index (χ1n) is 10.4. The van der Waals surface area contributed by atoms with Gasteiger partial charge in [-0.2, -0.15) is 0 Å². The molecule has 4 rings (SSSR count). The van der Waals surface area contributed by atoms with E-state index in [4.69, 9.17) is 9.47 Å². The van der Waals surface area contributed by atoms with E-state index in [0.717, 1.165) is 32.1 Å². The Balaban J connectivity index is 1.77. The van der Waals surface area contributed by atoms with E-state index in [1.807, 2.05) is 0 Å². The molecule has 0 radical (unpaired) electrons. The molecule has 3 aromatic rings. The van der Waals surface area contributed by atoms with Crippen molar-refractivity contribution in [3.05, 3.63) is 75.5 Å². The summed E-state index contributed by atoms with van der Waals surface area (Å²) in [4.78, 5) is 38.6. The van der Waals surface area contributed by atoms with Crippen molar-refractivity contribution in [2.24, 2.45) is 0 Å². The van der Waals surface area contributed by atoms with Crippen LogP contribution >= 0.6 is 0 Å². The van der Waals surface area contributed by atoms with E-state index in [-0.39, 0.29) is 11.5 Å². The van der Waals surface area contributed by atoms with Crippen LogP contribution in [0.3, 0.4) is 0 Å². The van der Waals surface area contributed by atoms with Gasteiger partial charge in [0.05, 0.1) is 5.52 Å². The molecule has 0 amide bonds. The van der Waals surface area contributed by atoms with Crippen LogP contribution in [0.2, 0.25) is 0 Å². The minimum Gasteiger partial charge on any atom is -0.490 e. The molecule has 2 N–H and O–H groups in total. The lowest BCUT2D eigenvalue weighted by Gasteiger charge is -2.26. The van der Waals surface area contributed by atoms with Crippen molar-refractivity contribution in [2.45, 2.75) is 44.2 Å². The molecule has 1 aliphatic rings. The second-order valence-electron chi connectivity index (χ2n) is 7.67. The molecule has 0 saturated heterocycles. The lowest BCUT2D eigenvalue weighted by Crippen LogP contribution is -2.35. The van der Waals surface area contributed by atoms with Crippen LogP contribution in [0.15, 0.2) is 58.8 Å². The van der Waals surface area contributed by atoms with Crippen LogP contribution in [0.25, 0.3) is 10.9 Å². The molecular formula is C23H25N3O5. The molecule has 8 heteroatoms. The van der Waals surface area contributed by atoms with Crippen LogP contribution in [-0.4, -0.2) is 33.4 Å². The van der Waals surface area contributed by atoms with Gasteiger partial charge in [0.15, 0.2) is 6.04 Å². The second-order valence-corrected chi connectivity index (χ2v) is 7.67. The number of hydrogen-bond donors (Lipinski definition) is 2. The van der Waals surface area contributed by atoms with E-state index in [1.54, 1.807) is 36.4 Å². The number of fused-ring (bicyclic) bond motifs is 1. The number of carbonyl (C=O) groups is 1. The Morgan fingerprint density at radius 3 is 2.77 bits per heavy atom. The average Bonchev–Trinajstić information content (AvgIpc) is 3.16. The quantitative estimate of drug-likeness (QED) is 0.449. The van der Waals surface area contributed by atoms with E-state index < -0.39 is 23.1 Å². The van der Waals surface area contributed by atoms with Gasteiger partial charge in [0, 0.05) is 6.20 Å². The highest BCUT2D eigenvalue weighted by molar-refractivity contribution is 5.80. The van der Waals surface area contributed by atoms with E-state index >= 15 is 0 Å². The molecule has 31 heavy (non-hydrogen) atoms. The van der Waals surface area contributed by atoms with Crippen LogP contribution in [0.4, 0.5) is 0 Å². The third-order valence-electron chi connectivity index (χ3n) is 5.54. The topological polar surface area (TPSA) is 106 Å². The predicted octanol–water partition coefficient (Wildman–Crippen LogP) is 3.05. The number of ether oxygens (including phenoxy) is 2. The SMILES string of the molecule is C=CCOc1cccc(C(C(=O)OC2CCCCC2)n2ccc3[nH][nH]c(=O)c3c2=O)c1. The first kappa shape index (κ1) is 20.7. The lowest BCUT2D eigenvalue weighted by molar-refractivity contribution is -0.153. The standard InChI is InChI=1S/C23H25N3O5/c1-2-13-30-17-10-6-7-15(14-17)20(23(29)31-16-8-4-3-5-9-16)26-12-11-18-19(22(26)28)21(27)25-24-18/h2,6-7,10-12,14,16,20H,1,3-5,8-9,13H2,(H2,24,25,27). The third kappa shape index (κ3) is 4.33. The number of benzene rings is 1. The molecule has 1 saturated carbocycles. The van der Waals surface area contributed by atoms with Crippen molar-refractivity contribution in [2.75, 3.05) is 6.61 Å². The highest BCUT2D eigenvalue weighted by Gasteiger charge is 2.29. The first-order chi connectivity index (χ1) is 15.1. The molecule has 1 unspecified atom stereocenters. The van der Waals surface area contributed by atoms with Gasteiger partial charge < -0.3 is 9.47 Å². The summed E-state index contributed by atoms with van der Waals surface area (Å²) in [6, 6.07) is 7.51. The number of pyridine rings is 1. The van der Waals surface area contributed by atoms with E-state index in [0.29, 0.717) is 23.4 Å². The Hall–Kier alpha value is -3.55. The van der Waals surface area contributed by atoms with Gasteiger partial charge in [-0.05, 0) is 49.4 Å². The highest BCUT2D eigenvalue weighted by atomic mass is 16.5. The Morgan fingerprint density at radius 2 is 2.00 bits per heavy atom. The number of hydrogen-bond acceptors (Lipinski definition) is 5. The van der Waals surface area contributed by atoms with Gasteiger partial charge in [-0.25, -0.2) is 4.79 Å². The van der Waals surface area contributed by atoms with Crippen molar-refractivity contribution < 1.29 is 14.3 Å². The molecule has 0 spiro atoms. The largest absolute Gasteiger partial charge is 0.490 e. The van der Waals surface area contributed by atoms with Gasteiger partial charge in [0.25, 0.3) is 11.1 Å². The molecule has 1 atom stereocenters. The van der Waals surface area contributed by atoms with Gasteiger partial charge in [-0.1, -0.05) is 31.2 Å². The summed E-state index contributed by atoms with van der Waals surface area (Å²) < 4.78 is 12.7. The zero-order chi connectivity index (χ0) is 21.8. The summed E-state index contributed by atoms with van der Waals surface area (Å²) in [6.45, 7) is 3.95. The molecule has 1 fully saturated rings. The molecule has 8 nitrogen and oxygen atoms in total. The van der Waals surface area contributed by atoms with E-state index in [1.165, 1.54) is 10.8 Å². The summed E-state index contributed by atoms with van der Waals surface area (Å²) >= 11 is 0. The number of rotatable bonds is 7. The molecule has 1 aliphatic carbocycles. The molecule has 1 aromatic carbocycles. The number of aromatic nitrogens is 3. The zero-order valence-corrected chi connectivity index (χ0v) is 17.1. The van der Waals surface area contributed by atoms with Gasteiger partial charge in [-0.15, -0.1) is 0 Å². The highest BCUT2D eigenvalue weighted by Crippen LogP contribution is 2.27. The minimum absolute atomic E-state index is 0.0305. The Kier molecular flexibility index (Phi) is 6.06. The van der Waals surface area contributed by atoms with Crippen LogP contribution < -0.4 is 15.9 Å². The number of aromatic amines is 2. The lowest BCUT2D eigenvalue weighted by atomic mass is 9.97. The van der Waals surface area contributed by atoms with Crippen LogP contribution in [0.1, 0.15) is 43.7 Å². The number of H-pyrrole nitrogens is 2. The van der Waals surface area contributed by atoms with Crippen molar-refractivity contribution in [1.82, 2.24) is 14.8 Å². The van der Waals surface area contributed by atoms with E-state index in [9.17, 15) is 14.4 Å². The molecule has 0 aliphatic heterocycles. The van der Waals surface area contributed by atoms with Gasteiger partial charge in [0.1, 0.15) is 23.8 Å². The fourth-order valence-corrected chi connectivity index (χ4v) is 4.02. The number of nitrogens with zero attached hydrogens (tertiary/aromatic N) is 1. The molecule has 2 heterocycles. The summed E-state index contributed by atoms with van der Waals surface area (Å²) in [5.74, 6) is 0.0164. The maximum atomic E-state index is 13.3. The van der Waals surface area contributed by atoms with Crippen molar-refractivity contribution in [3.8, 4) is 5.75 Å². The molecule has 162 valence electrons. The zero-order valence-electron chi connectivity index (χ0n) is 17.1. The van der Waals surface area contributed by atoms with Crippen LogP contribution in [-0.2, 0) is 9.53 Å². The predicted molar refractivity (Wildman–Crippen MR) is 116 cm³/mol. The minimum atomic E-state index is -1.04. The number of esters is 1. The summed E-state index contributed by atoms with van der Waals surface area (Å²) in [5.41, 5.74) is -0.177. The van der Waals surface area contributed by atoms with Gasteiger partial charge in [-0.3, -0.25) is 24.4 Å². The average molecular weight is 423 g/mol. The van der Waals surface area contributed by atoms with Gasteiger partial charge in [0.2, 0.25) is 0 Å². The summed E-state index contributed by atoms with van der Waals surface area (Å²) in [5, 5.41) is 5.05. The van der Waals surface area contributed by atoms with Crippen molar-refractivity contribution >= 4 is 16.9 Å². The van der Waals surface area contributed by atoms with E-state index in [2.05, 4.69) is 16.8 Å². The van der Waals surface area contributed by atoms with Crippen molar-refractivity contribution in [3.63, 3.8) is 0 Å². The smallest absolute Gasteiger partial charge is 0.334 e. The maximum absolute atomic E-state index is 13.3. The second kappa shape index (κ2) is 9.07. The number of nitrogens with one attached hydrogen (secondary N) is 2. The van der Waals surface area contributed by atoms with Crippen molar-refractivity contribution in [1.29, 1.82) is 0 Å². The Labute approximate surface area is 178 Å². The normalized spacial score (nSPS) is 15.5. The van der Waals surface area contributed by atoms with Crippen LogP contribution in [0, 0.1) is 0 Å². The fourth-order valence-electron chi connectivity index (χ4n) is 4.02. The molecule has 2 aromatic heterocycles. The Morgan fingerprint density at radius 1 is 1.19 bits per heavy atom. The summed E-state index contributed by atoms with van der Waals surface area (Å²) in [6.07, 6.45) is 7.73. The molecule has 0 bridgehead atoms. The van der Waals surface area contributed by atoms with Crippen LogP contribution in [0.5, 0.6) is 5.75 Å². The summed E-state index contributed by atoms with van der Waals surface area (Å²) in [7, 11) is 0. The monoisotopic (exact) mass is 423 g/mol. The third-order valence-corrected chi connectivity index (χ3v) is 5.54. The molecular weight excluding hydrogens is 398 g/mol. The maximum Gasteiger partial charge on any atom is 0.334 e. The van der Waals surface area contributed by atoms with Gasteiger partial charge >= 0.3 is 5.97 Å². The first-order valence-corrected chi connectivity index (χ1v) is 10.4. The Bertz CT molecular complexity index is 1200. The fraction of sp³-hybridized carbons (Fsp3) is 0.348. The number of carbonyl (C=O) groups excluding carboxylic acids is 1.